The number of rotatable bonds is 3. The number of aryl methyl sites for hydroxylation is 1. The molecule has 0 fully saturated rings. The van der Waals surface area contributed by atoms with Crippen molar-refractivity contribution >= 4 is 17.6 Å². The number of hydrogen-bond acceptors (Lipinski definition) is 5. The number of nitrogens with one attached hydrogen (secondary N) is 2. The molecule has 0 aliphatic carbocycles. The van der Waals surface area contributed by atoms with E-state index in [1.54, 1.807) is 6.92 Å². The predicted molar refractivity (Wildman–Crippen MR) is 64.1 cm³/mol. The van der Waals surface area contributed by atoms with Crippen LogP contribution in [0.2, 0.25) is 0 Å². The molecule has 0 spiro atoms. The standard InChI is InChI=1S/C11H10N4O4/c1-5-12-9(15-14-5)10(17)13-7-4-6(11(18)19)2-3-8(7)16/h2-4,16H,1H3,(H,13,17)(H,18,19)(H,12,14,15). The molecule has 2 rings (SSSR count). The van der Waals surface area contributed by atoms with Gasteiger partial charge in [0.2, 0.25) is 5.82 Å². The number of nitrogens with zero attached hydrogens (tertiary/aromatic N) is 2. The number of aromatic carboxylic acids is 1. The minimum absolute atomic E-state index is 0.0210. The molecule has 0 aliphatic rings. The first-order valence-electron chi connectivity index (χ1n) is 5.24. The fourth-order valence-electron chi connectivity index (χ4n) is 1.39. The van der Waals surface area contributed by atoms with Crippen LogP contribution in [0, 0.1) is 6.92 Å². The number of carbonyl (C=O) groups is 2. The van der Waals surface area contributed by atoms with Gasteiger partial charge in [-0.25, -0.2) is 9.78 Å². The Morgan fingerprint density at radius 3 is 2.68 bits per heavy atom. The molecule has 19 heavy (non-hydrogen) atoms. The highest BCUT2D eigenvalue weighted by atomic mass is 16.4. The number of phenols is 1. The van der Waals surface area contributed by atoms with Crippen molar-refractivity contribution in [2.45, 2.75) is 6.92 Å². The molecule has 8 heteroatoms. The average Bonchev–Trinajstić information content (AvgIpc) is 2.78. The maximum atomic E-state index is 11.7. The van der Waals surface area contributed by atoms with Gasteiger partial charge in [0.25, 0.3) is 5.91 Å². The molecule has 0 unspecified atom stereocenters. The van der Waals surface area contributed by atoms with E-state index in [2.05, 4.69) is 20.5 Å². The Morgan fingerprint density at radius 2 is 2.11 bits per heavy atom. The summed E-state index contributed by atoms with van der Waals surface area (Å²) in [7, 11) is 0. The fourth-order valence-corrected chi connectivity index (χ4v) is 1.39. The quantitative estimate of drug-likeness (QED) is 0.605. The molecular formula is C11H10N4O4. The van der Waals surface area contributed by atoms with Gasteiger partial charge >= 0.3 is 5.97 Å². The highest BCUT2D eigenvalue weighted by Crippen LogP contribution is 2.24. The van der Waals surface area contributed by atoms with Crippen LogP contribution in [-0.4, -0.2) is 37.3 Å². The van der Waals surface area contributed by atoms with Gasteiger partial charge in [-0.2, -0.15) is 0 Å². The largest absolute Gasteiger partial charge is 0.506 e. The van der Waals surface area contributed by atoms with Gasteiger partial charge in [-0.1, -0.05) is 0 Å². The molecule has 98 valence electrons. The van der Waals surface area contributed by atoms with Crippen molar-refractivity contribution in [3.05, 3.63) is 35.4 Å². The molecule has 0 radical (unpaired) electrons. The zero-order valence-electron chi connectivity index (χ0n) is 9.84. The van der Waals surface area contributed by atoms with Crippen LogP contribution in [-0.2, 0) is 0 Å². The Morgan fingerprint density at radius 1 is 1.37 bits per heavy atom. The number of carboxylic acid groups (broad SMARTS) is 1. The number of H-pyrrole nitrogens is 1. The third-order valence-corrected chi connectivity index (χ3v) is 2.29. The van der Waals surface area contributed by atoms with Gasteiger partial charge in [0.05, 0.1) is 11.3 Å². The average molecular weight is 262 g/mol. The molecule has 1 aromatic carbocycles. The van der Waals surface area contributed by atoms with E-state index in [0.29, 0.717) is 5.82 Å². The lowest BCUT2D eigenvalue weighted by atomic mass is 10.2. The highest BCUT2D eigenvalue weighted by molar-refractivity contribution is 6.03. The summed E-state index contributed by atoms with van der Waals surface area (Å²) in [6, 6.07) is 3.56. The van der Waals surface area contributed by atoms with Gasteiger partial charge in [-0.3, -0.25) is 9.89 Å². The van der Waals surface area contributed by atoms with Crippen LogP contribution in [0.3, 0.4) is 0 Å². The monoisotopic (exact) mass is 262 g/mol. The van der Waals surface area contributed by atoms with E-state index in [4.69, 9.17) is 5.11 Å². The summed E-state index contributed by atoms with van der Waals surface area (Å²) in [5.41, 5.74) is -0.0772. The molecule has 2 aromatic rings. The molecular weight excluding hydrogens is 252 g/mol. The normalized spacial score (nSPS) is 10.2. The van der Waals surface area contributed by atoms with Crippen molar-refractivity contribution in [3.63, 3.8) is 0 Å². The fraction of sp³-hybridized carbons (Fsp3) is 0.0909. The Hall–Kier alpha value is -2.90. The number of amides is 1. The number of aromatic hydroxyl groups is 1. The summed E-state index contributed by atoms with van der Waals surface area (Å²) in [6.07, 6.45) is 0. The number of carbonyl (C=O) groups excluding carboxylic acids is 1. The number of benzene rings is 1. The molecule has 0 atom stereocenters. The van der Waals surface area contributed by atoms with Crippen molar-refractivity contribution in [1.29, 1.82) is 0 Å². The molecule has 1 heterocycles. The Balaban J connectivity index is 2.25. The summed E-state index contributed by atoms with van der Waals surface area (Å²) in [4.78, 5) is 26.4. The minimum atomic E-state index is -1.16. The van der Waals surface area contributed by atoms with E-state index in [1.807, 2.05) is 0 Å². The molecule has 0 bridgehead atoms. The van der Waals surface area contributed by atoms with Gasteiger partial charge in [0.1, 0.15) is 11.6 Å². The zero-order valence-corrected chi connectivity index (χ0v) is 9.84. The lowest BCUT2D eigenvalue weighted by molar-refractivity contribution is 0.0696. The molecule has 0 aliphatic heterocycles. The van der Waals surface area contributed by atoms with Crippen LogP contribution < -0.4 is 5.32 Å². The summed E-state index contributed by atoms with van der Waals surface area (Å²) in [5, 5.41) is 26.9. The second-order valence-electron chi connectivity index (χ2n) is 3.74. The lowest BCUT2D eigenvalue weighted by Gasteiger charge is -2.06. The van der Waals surface area contributed by atoms with Gasteiger partial charge in [0.15, 0.2) is 0 Å². The van der Waals surface area contributed by atoms with E-state index in [-0.39, 0.29) is 22.8 Å². The number of hydrogen-bond donors (Lipinski definition) is 4. The lowest BCUT2D eigenvalue weighted by Crippen LogP contribution is -2.14. The first-order chi connectivity index (χ1) is 8.97. The van der Waals surface area contributed by atoms with Crippen molar-refractivity contribution in [2.24, 2.45) is 0 Å². The van der Waals surface area contributed by atoms with Crippen molar-refractivity contribution in [3.8, 4) is 5.75 Å². The first-order valence-corrected chi connectivity index (χ1v) is 5.24. The SMILES string of the molecule is Cc1nc(C(=O)Nc2cc(C(=O)O)ccc2O)n[nH]1. The summed E-state index contributed by atoms with van der Waals surface area (Å²) < 4.78 is 0. The van der Waals surface area contributed by atoms with E-state index in [1.165, 1.54) is 12.1 Å². The van der Waals surface area contributed by atoms with Crippen LogP contribution in [0.25, 0.3) is 0 Å². The van der Waals surface area contributed by atoms with Crippen LogP contribution in [0.15, 0.2) is 18.2 Å². The minimum Gasteiger partial charge on any atom is -0.506 e. The molecule has 0 saturated heterocycles. The number of anilines is 1. The van der Waals surface area contributed by atoms with Crippen LogP contribution in [0.4, 0.5) is 5.69 Å². The summed E-state index contributed by atoms with van der Waals surface area (Å²) >= 11 is 0. The maximum Gasteiger partial charge on any atom is 0.335 e. The Kier molecular flexibility index (Phi) is 3.15. The summed E-state index contributed by atoms with van der Waals surface area (Å²) in [5.74, 6) is -1.69. The zero-order chi connectivity index (χ0) is 14.0. The Bertz CT molecular complexity index is 650. The second-order valence-corrected chi connectivity index (χ2v) is 3.74. The molecule has 1 aromatic heterocycles. The van der Waals surface area contributed by atoms with E-state index >= 15 is 0 Å². The second kappa shape index (κ2) is 4.77. The smallest absolute Gasteiger partial charge is 0.335 e. The summed E-state index contributed by atoms with van der Waals surface area (Å²) in [6.45, 7) is 1.63. The molecule has 4 N–H and O–H groups in total. The molecule has 1 amide bonds. The van der Waals surface area contributed by atoms with Gasteiger partial charge in [-0.15, -0.1) is 5.10 Å². The van der Waals surface area contributed by atoms with Crippen molar-refractivity contribution in [2.75, 3.05) is 5.32 Å². The number of aromatic amines is 1. The first kappa shape index (κ1) is 12.6. The predicted octanol–water partition coefficient (Wildman–Crippen LogP) is 0.769. The molecule has 8 nitrogen and oxygen atoms in total. The highest BCUT2D eigenvalue weighted by Gasteiger charge is 2.15. The van der Waals surface area contributed by atoms with Crippen molar-refractivity contribution < 1.29 is 19.8 Å². The maximum absolute atomic E-state index is 11.7. The Labute approximate surface area is 107 Å². The van der Waals surface area contributed by atoms with Crippen LogP contribution in [0.5, 0.6) is 5.75 Å². The molecule has 0 saturated carbocycles. The van der Waals surface area contributed by atoms with E-state index in [0.717, 1.165) is 6.07 Å². The van der Waals surface area contributed by atoms with Gasteiger partial charge in [-0.05, 0) is 25.1 Å². The van der Waals surface area contributed by atoms with Crippen LogP contribution >= 0.6 is 0 Å². The van der Waals surface area contributed by atoms with E-state index in [9.17, 15) is 14.7 Å². The van der Waals surface area contributed by atoms with E-state index < -0.39 is 11.9 Å². The third-order valence-electron chi connectivity index (χ3n) is 2.29. The number of aromatic nitrogens is 3. The third kappa shape index (κ3) is 2.68. The van der Waals surface area contributed by atoms with Gasteiger partial charge < -0.3 is 15.5 Å². The number of carboxylic acids is 1. The van der Waals surface area contributed by atoms with Crippen molar-refractivity contribution in [1.82, 2.24) is 15.2 Å². The number of phenolic OH excluding ortho intramolecular Hbond substituents is 1. The van der Waals surface area contributed by atoms with Gasteiger partial charge in [0, 0.05) is 0 Å². The van der Waals surface area contributed by atoms with Crippen LogP contribution in [0.1, 0.15) is 26.8 Å². The topological polar surface area (TPSA) is 128 Å².